The largest absolute Gasteiger partial charge is 0.417 e. The van der Waals surface area contributed by atoms with Gasteiger partial charge in [-0.25, -0.2) is 0 Å². The van der Waals surface area contributed by atoms with Gasteiger partial charge in [0, 0.05) is 6.20 Å². The van der Waals surface area contributed by atoms with Gasteiger partial charge < -0.3 is 5.11 Å². The highest BCUT2D eigenvalue weighted by molar-refractivity contribution is 5.19. The summed E-state index contributed by atoms with van der Waals surface area (Å²) in [5, 5.41) is 8.55. The lowest BCUT2D eigenvalue weighted by Gasteiger charge is -2.13. The molecule has 0 spiro atoms. The van der Waals surface area contributed by atoms with Crippen molar-refractivity contribution in [1.29, 1.82) is 0 Å². The summed E-state index contributed by atoms with van der Waals surface area (Å²) in [6.07, 6.45) is -4.58. The molecule has 0 radical (unpaired) electrons. The zero-order chi connectivity index (χ0) is 13.5. The molecule has 0 saturated heterocycles. The van der Waals surface area contributed by atoms with Gasteiger partial charge in [-0.05, 0) is 12.1 Å². The molecule has 0 saturated carbocycles. The molecule has 0 fully saturated rings. The smallest absolute Gasteiger partial charge is 0.390 e. The number of aromatic nitrogens is 1. The van der Waals surface area contributed by atoms with E-state index in [0.717, 1.165) is 0 Å². The summed E-state index contributed by atoms with van der Waals surface area (Å²) in [4.78, 5) is 2.81. The number of alkyl halides is 5. The zero-order valence-electron chi connectivity index (χ0n) is 9.02. The first kappa shape index (κ1) is 9.02. The lowest BCUT2D eigenvalue weighted by Crippen LogP contribution is -2.20. The fourth-order valence-electron chi connectivity index (χ4n) is 0.805. The Labute approximate surface area is 84.2 Å². The third kappa shape index (κ3) is 2.62. The lowest BCUT2D eigenvalue weighted by molar-refractivity contribution is -0.138. The second kappa shape index (κ2) is 3.73. The molecule has 0 bridgehead atoms. The molecule has 84 valence electrons. The molecule has 0 aliphatic carbocycles. The predicted molar refractivity (Wildman–Crippen MR) is 40.2 cm³/mol. The van der Waals surface area contributed by atoms with E-state index < -0.39 is 29.9 Å². The Hall–Kier alpha value is -1.24. The zero-order valence-corrected chi connectivity index (χ0v) is 7.02. The Morgan fingerprint density at radius 3 is 2.20 bits per heavy atom. The molecule has 7 heteroatoms. The van der Waals surface area contributed by atoms with Gasteiger partial charge in [0.1, 0.15) is 12.3 Å². The van der Waals surface area contributed by atoms with Crippen molar-refractivity contribution < 1.29 is 29.8 Å². The van der Waals surface area contributed by atoms with E-state index in [-0.39, 0.29) is 6.20 Å². The van der Waals surface area contributed by atoms with Crippen LogP contribution in [0.3, 0.4) is 0 Å². The van der Waals surface area contributed by atoms with Crippen LogP contribution in [0, 0.1) is 0 Å². The first-order valence-corrected chi connectivity index (χ1v) is 3.60. The van der Waals surface area contributed by atoms with Crippen LogP contribution in [0.1, 0.15) is 14.0 Å². The molecule has 2 nitrogen and oxygen atoms in total. The van der Waals surface area contributed by atoms with Gasteiger partial charge in [0.05, 0.1) is 8.30 Å². The highest BCUT2D eigenvalue weighted by Crippen LogP contribution is 2.31. The van der Waals surface area contributed by atoms with Crippen LogP contribution in [-0.4, -0.2) is 16.6 Å². The Bertz CT molecular complexity index is 398. The maximum absolute atomic E-state index is 13.1. The molecule has 1 aromatic heterocycles. The van der Waals surface area contributed by atoms with Gasteiger partial charge in [0.15, 0.2) is 0 Å². The first-order chi connectivity index (χ1) is 7.46. The van der Waals surface area contributed by atoms with Crippen molar-refractivity contribution >= 4 is 0 Å². The molecule has 1 aromatic rings. The quantitative estimate of drug-likeness (QED) is 0.788. The third-order valence-corrected chi connectivity index (χ3v) is 1.55. The predicted octanol–water partition coefficient (Wildman–Crippen LogP) is 2.18. The molecule has 1 N–H and O–H groups in total. The van der Waals surface area contributed by atoms with Crippen molar-refractivity contribution in [3.63, 3.8) is 0 Å². The monoisotopic (exact) mass is 229 g/mol. The van der Waals surface area contributed by atoms with Crippen LogP contribution < -0.4 is 0 Å². The minimum Gasteiger partial charge on any atom is -0.390 e. The number of hydrogen-bond donors (Lipinski definition) is 1. The van der Waals surface area contributed by atoms with E-state index in [1.54, 1.807) is 0 Å². The van der Waals surface area contributed by atoms with E-state index in [2.05, 4.69) is 4.98 Å². The average Bonchev–Trinajstić information content (AvgIpc) is 2.15. The number of rotatable bonds is 2. The number of nitrogens with zero attached hydrogens (tertiary/aromatic N) is 1. The second-order valence-corrected chi connectivity index (χ2v) is 2.62. The average molecular weight is 229 g/mol. The van der Waals surface area contributed by atoms with Crippen LogP contribution >= 0.6 is 0 Å². The normalized spacial score (nSPS) is 15.9. The summed E-state index contributed by atoms with van der Waals surface area (Å²) >= 11 is 0. The van der Waals surface area contributed by atoms with E-state index >= 15 is 0 Å². The summed E-state index contributed by atoms with van der Waals surface area (Å²) in [5.74, 6) is -4.39. The number of halogens is 5. The van der Waals surface area contributed by atoms with Gasteiger partial charge in [-0.2, -0.15) is 22.0 Å². The Morgan fingerprint density at radius 2 is 1.87 bits per heavy atom. The molecule has 1 rings (SSSR count). The van der Waals surface area contributed by atoms with E-state index in [9.17, 15) is 22.0 Å². The van der Waals surface area contributed by atoms with Crippen LogP contribution in [-0.2, 0) is 12.1 Å². The SMILES string of the molecule is [2H]C([2H])(O)C(F)(F)c1ccc(C(F)(F)F)cn1. The molecule has 0 aliphatic rings. The first-order valence-electron chi connectivity index (χ1n) is 4.60. The van der Waals surface area contributed by atoms with Crippen molar-refractivity contribution in [2.24, 2.45) is 0 Å². The molecule has 0 aliphatic heterocycles. The molecule has 0 unspecified atom stereocenters. The molecule has 15 heavy (non-hydrogen) atoms. The van der Waals surface area contributed by atoms with Crippen molar-refractivity contribution in [3.8, 4) is 0 Å². The Balaban J connectivity index is 3.12. The summed E-state index contributed by atoms with van der Waals surface area (Å²) in [7, 11) is 0. The van der Waals surface area contributed by atoms with Gasteiger partial charge in [-0.3, -0.25) is 4.98 Å². The fraction of sp³-hybridized carbons (Fsp3) is 0.375. The molecule has 1 heterocycles. The summed E-state index contributed by atoms with van der Waals surface area (Å²) in [5.41, 5.74) is -2.52. The van der Waals surface area contributed by atoms with Crippen LogP contribution in [0.2, 0.25) is 0 Å². The van der Waals surface area contributed by atoms with Crippen LogP contribution in [0.15, 0.2) is 18.3 Å². The fourth-order valence-corrected chi connectivity index (χ4v) is 0.805. The second-order valence-electron chi connectivity index (χ2n) is 2.62. The molecule has 0 atom stereocenters. The lowest BCUT2D eigenvalue weighted by atomic mass is 10.2. The molecular weight excluding hydrogens is 221 g/mol. The summed E-state index contributed by atoms with van der Waals surface area (Å²) < 4.78 is 75.5. The highest BCUT2D eigenvalue weighted by Gasteiger charge is 2.35. The number of hydrogen-bond acceptors (Lipinski definition) is 2. The summed E-state index contributed by atoms with van der Waals surface area (Å²) in [6, 6.07) is 0.652. The summed E-state index contributed by atoms with van der Waals surface area (Å²) in [6.45, 7) is -3.90. The Morgan fingerprint density at radius 1 is 1.27 bits per heavy atom. The van der Waals surface area contributed by atoms with Crippen LogP contribution in [0.5, 0.6) is 0 Å². The van der Waals surface area contributed by atoms with Crippen molar-refractivity contribution in [1.82, 2.24) is 4.98 Å². The van der Waals surface area contributed by atoms with Crippen molar-refractivity contribution in [3.05, 3.63) is 29.6 Å². The maximum Gasteiger partial charge on any atom is 0.417 e. The van der Waals surface area contributed by atoms with E-state index in [1.807, 2.05) is 0 Å². The van der Waals surface area contributed by atoms with E-state index in [0.29, 0.717) is 12.1 Å². The van der Waals surface area contributed by atoms with Gasteiger partial charge in [-0.15, -0.1) is 0 Å². The van der Waals surface area contributed by atoms with Crippen molar-refractivity contribution in [2.75, 3.05) is 6.56 Å². The molecule has 0 aromatic carbocycles. The molecule has 0 amide bonds. The van der Waals surface area contributed by atoms with Gasteiger partial charge in [0.2, 0.25) is 0 Å². The topological polar surface area (TPSA) is 33.1 Å². The number of aliphatic hydroxyl groups is 1. The van der Waals surface area contributed by atoms with Crippen LogP contribution in [0.25, 0.3) is 0 Å². The van der Waals surface area contributed by atoms with Gasteiger partial charge in [-0.1, -0.05) is 0 Å². The third-order valence-electron chi connectivity index (χ3n) is 1.55. The minimum absolute atomic E-state index is 0.148. The molecular formula is C8H6F5NO. The standard InChI is InChI=1S/C8H6F5NO/c9-7(10,4-15)6-2-1-5(3-14-6)8(11,12)13/h1-3,15H,4H2/i4D2. The number of pyridine rings is 1. The van der Waals surface area contributed by atoms with Gasteiger partial charge >= 0.3 is 12.1 Å². The maximum atomic E-state index is 13.1. The van der Waals surface area contributed by atoms with E-state index in [4.69, 9.17) is 7.85 Å². The van der Waals surface area contributed by atoms with Crippen molar-refractivity contribution in [2.45, 2.75) is 12.1 Å². The van der Waals surface area contributed by atoms with Gasteiger partial charge in [0.25, 0.3) is 0 Å². The Kier molecular flexibility index (Phi) is 2.24. The van der Waals surface area contributed by atoms with Crippen LogP contribution in [0.4, 0.5) is 22.0 Å². The van der Waals surface area contributed by atoms with E-state index in [1.165, 1.54) is 0 Å². The minimum atomic E-state index is -4.72. The highest BCUT2D eigenvalue weighted by atomic mass is 19.4.